The van der Waals surface area contributed by atoms with E-state index in [0.29, 0.717) is 18.5 Å². The second-order valence-corrected chi connectivity index (χ2v) is 5.56. The monoisotopic (exact) mass is 279 g/mol. The van der Waals surface area contributed by atoms with Crippen LogP contribution >= 0.6 is 11.8 Å². The maximum absolute atomic E-state index is 12.5. The number of aliphatic carboxylic acids is 1. The molecule has 0 spiro atoms. The second-order valence-electron chi connectivity index (χ2n) is 4.68. The van der Waals surface area contributed by atoms with Crippen molar-refractivity contribution in [3.63, 3.8) is 0 Å². The molecule has 1 atom stereocenters. The molecule has 0 aliphatic carbocycles. The highest BCUT2D eigenvalue weighted by Crippen LogP contribution is 2.24. The smallest absolute Gasteiger partial charge is 0.326 e. The first kappa shape index (κ1) is 13.9. The molecule has 1 fully saturated rings. The lowest BCUT2D eigenvalue weighted by atomic mass is 10.1. The van der Waals surface area contributed by atoms with Crippen LogP contribution < -0.4 is 0 Å². The third-order valence-corrected chi connectivity index (χ3v) is 4.20. The predicted molar refractivity (Wildman–Crippen MR) is 74.7 cm³/mol. The zero-order chi connectivity index (χ0) is 14.0. The molecule has 0 unspecified atom stereocenters. The maximum Gasteiger partial charge on any atom is 0.326 e. The molecule has 5 heteroatoms. The van der Waals surface area contributed by atoms with Gasteiger partial charge >= 0.3 is 5.97 Å². The molecule has 0 radical (unpaired) electrons. The fourth-order valence-electron chi connectivity index (χ4n) is 2.38. The van der Waals surface area contributed by atoms with Gasteiger partial charge in [-0.2, -0.15) is 0 Å². The lowest BCUT2D eigenvalue weighted by molar-refractivity contribution is -0.141. The van der Waals surface area contributed by atoms with Crippen LogP contribution in [0.1, 0.15) is 28.8 Å². The van der Waals surface area contributed by atoms with E-state index in [-0.39, 0.29) is 5.91 Å². The van der Waals surface area contributed by atoms with Crippen LogP contribution in [0.3, 0.4) is 0 Å². The number of carboxylic acids is 1. The maximum atomic E-state index is 12.5. The van der Waals surface area contributed by atoms with Crippen molar-refractivity contribution in [3.8, 4) is 0 Å². The third-order valence-electron chi connectivity index (χ3n) is 3.47. The Bertz CT molecular complexity index is 515. The van der Waals surface area contributed by atoms with Gasteiger partial charge in [-0.15, -0.1) is 11.8 Å². The Morgan fingerprint density at radius 2 is 2.16 bits per heavy atom. The number of hydrogen-bond donors (Lipinski definition) is 1. The minimum absolute atomic E-state index is 0.168. The van der Waals surface area contributed by atoms with E-state index in [1.807, 2.05) is 31.4 Å². The Labute approximate surface area is 116 Å². The third kappa shape index (κ3) is 2.76. The van der Waals surface area contributed by atoms with Gasteiger partial charge < -0.3 is 10.0 Å². The molecule has 1 aliphatic heterocycles. The highest BCUT2D eigenvalue weighted by atomic mass is 32.2. The van der Waals surface area contributed by atoms with Crippen LogP contribution in [0.25, 0.3) is 0 Å². The summed E-state index contributed by atoms with van der Waals surface area (Å²) < 4.78 is 0. The Balaban J connectivity index is 2.31. The number of likely N-dealkylation sites (tertiary alicyclic amines) is 1. The molecule has 1 N–H and O–H groups in total. The number of amides is 1. The van der Waals surface area contributed by atoms with E-state index in [1.165, 1.54) is 4.90 Å². The summed E-state index contributed by atoms with van der Waals surface area (Å²) in [6, 6.07) is 5.05. The lowest BCUT2D eigenvalue weighted by Gasteiger charge is -2.22. The first-order valence-electron chi connectivity index (χ1n) is 6.23. The molecular weight excluding hydrogens is 262 g/mol. The Hall–Kier alpha value is -1.49. The van der Waals surface area contributed by atoms with Crippen LogP contribution in [0.5, 0.6) is 0 Å². The average Bonchev–Trinajstić information content (AvgIpc) is 2.88. The SMILES string of the molecule is CSc1ccc(C)c(C(=O)N2CCC[C@@H]2C(=O)O)c1. The Morgan fingerprint density at radius 1 is 1.42 bits per heavy atom. The highest BCUT2D eigenvalue weighted by Gasteiger charge is 2.34. The van der Waals surface area contributed by atoms with Gasteiger partial charge in [-0.1, -0.05) is 6.07 Å². The van der Waals surface area contributed by atoms with E-state index in [1.54, 1.807) is 11.8 Å². The van der Waals surface area contributed by atoms with Crippen LogP contribution in [-0.4, -0.2) is 40.7 Å². The topological polar surface area (TPSA) is 57.6 Å². The number of hydrogen-bond acceptors (Lipinski definition) is 3. The number of carbonyl (C=O) groups is 2. The first-order valence-corrected chi connectivity index (χ1v) is 7.45. The van der Waals surface area contributed by atoms with Crippen LogP contribution in [0.2, 0.25) is 0 Å². The summed E-state index contributed by atoms with van der Waals surface area (Å²) in [6.45, 7) is 2.40. The van der Waals surface area contributed by atoms with Gasteiger partial charge in [0.1, 0.15) is 6.04 Å². The van der Waals surface area contributed by atoms with Crippen LogP contribution in [0, 0.1) is 6.92 Å². The van der Waals surface area contributed by atoms with Gasteiger partial charge in [-0.05, 0) is 43.7 Å². The van der Waals surface area contributed by atoms with Crippen LogP contribution in [0.4, 0.5) is 0 Å². The molecule has 1 aromatic carbocycles. The van der Waals surface area contributed by atoms with Crippen molar-refractivity contribution in [2.45, 2.75) is 30.7 Å². The summed E-state index contributed by atoms with van der Waals surface area (Å²) in [6.07, 6.45) is 3.25. The quantitative estimate of drug-likeness (QED) is 0.863. The van der Waals surface area contributed by atoms with E-state index >= 15 is 0 Å². The molecule has 0 saturated carbocycles. The molecule has 1 heterocycles. The standard InChI is InChI=1S/C14H17NO3S/c1-9-5-6-10(19-2)8-11(9)13(16)15-7-3-4-12(15)14(17)18/h5-6,8,12H,3-4,7H2,1-2H3,(H,17,18)/t12-/m1/s1. The number of rotatable bonds is 3. The molecule has 102 valence electrons. The van der Waals surface area contributed by atoms with E-state index in [4.69, 9.17) is 5.11 Å². The predicted octanol–water partition coefficient (Wildman–Crippen LogP) is 2.41. The number of benzene rings is 1. The average molecular weight is 279 g/mol. The van der Waals surface area contributed by atoms with Crippen molar-refractivity contribution in [2.75, 3.05) is 12.8 Å². The summed E-state index contributed by atoms with van der Waals surface area (Å²) in [5.41, 5.74) is 1.50. The van der Waals surface area contributed by atoms with Crippen molar-refractivity contribution in [2.24, 2.45) is 0 Å². The van der Waals surface area contributed by atoms with E-state index in [0.717, 1.165) is 16.9 Å². The Morgan fingerprint density at radius 3 is 2.79 bits per heavy atom. The van der Waals surface area contributed by atoms with Gasteiger partial charge in [-0.3, -0.25) is 4.79 Å². The largest absolute Gasteiger partial charge is 0.480 e. The molecule has 19 heavy (non-hydrogen) atoms. The van der Waals surface area contributed by atoms with Gasteiger partial charge in [0.25, 0.3) is 5.91 Å². The van der Waals surface area contributed by atoms with Crippen molar-refractivity contribution in [3.05, 3.63) is 29.3 Å². The van der Waals surface area contributed by atoms with E-state index in [9.17, 15) is 9.59 Å². The van der Waals surface area contributed by atoms with Gasteiger partial charge in [0.05, 0.1) is 0 Å². The number of aryl methyl sites for hydroxylation is 1. The fraction of sp³-hybridized carbons (Fsp3) is 0.429. The van der Waals surface area contributed by atoms with Gasteiger partial charge in [0.15, 0.2) is 0 Å². The number of carbonyl (C=O) groups excluding carboxylic acids is 1. The summed E-state index contributed by atoms with van der Waals surface area (Å²) in [4.78, 5) is 26.2. The van der Waals surface area contributed by atoms with Crippen molar-refractivity contribution >= 4 is 23.6 Å². The summed E-state index contributed by atoms with van der Waals surface area (Å²) in [7, 11) is 0. The summed E-state index contributed by atoms with van der Waals surface area (Å²) >= 11 is 1.57. The number of nitrogens with zero attached hydrogens (tertiary/aromatic N) is 1. The molecule has 1 aromatic rings. The number of thioether (sulfide) groups is 1. The minimum Gasteiger partial charge on any atom is -0.480 e. The minimum atomic E-state index is -0.912. The molecular formula is C14H17NO3S. The molecule has 0 aromatic heterocycles. The zero-order valence-electron chi connectivity index (χ0n) is 11.0. The molecule has 1 amide bonds. The molecule has 1 saturated heterocycles. The van der Waals surface area contributed by atoms with Gasteiger partial charge in [0.2, 0.25) is 0 Å². The zero-order valence-corrected chi connectivity index (χ0v) is 11.9. The molecule has 4 nitrogen and oxygen atoms in total. The fourth-order valence-corrected chi connectivity index (χ4v) is 2.82. The van der Waals surface area contributed by atoms with E-state index in [2.05, 4.69) is 0 Å². The van der Waals surface area contributed by atoms with Gasteiger partial charge in [-0.25, -0.2) is 4.79 Å². The van der Waals surface area contributed by atoms with Crippen molar-refractivity contribution in [1.82, 2.24) is 4.90 Å². The normalized spacial score (nSPS) is 18.6. The molecule has 1 aliphatic rings. The molecule has 0 bridgehead atoms. The van der Waals surface area contributed by atoms with Crippen molar-refractivity contribution in [1.29, 1.82) is 0 Å². The van der Waals surface area contributed by atoms with Crippen LogP contribution in [0.15, 0.2) is 23.1 Å². The lowest BCUT2D eigenvalue weighted by Crippen LogP contribution is -2.40. The summed E-state index contributed by atoms with van der Waals surface area (Å²) in [5, 5.41) is 9.15. The first-order chi connectivity index (χ1) is 9.04. The second kappa shape index (κ2) is 5.65. The van der Waals surface area contributed by atoms with Gasteiger partial charge in [0, 0.05) is 17.0 Å². The van der Waals surface area contributed by atoms with E-state index < -0.39 is 12.0 Å². The molecule has 2 rings (SSSR count). The van der Waals surface area contributed by atoms with Crippen molar-refractivity contribution < 1.29 is 14.7 Å². The number of carboxylic acid groups (broad SMARTS) is 1. The summed E-state index contributed by atoms with van der Waals surface area (Å²) in [5.74, 6) is -1.08. The Kier molecular flexibility index (Phi) is 4.14. The van der Waals surface area contributed by atoms with Crippen LogP contribution in [-0.2, 0) is 4.79 Å². The highest BCUT2D eigenvalue weighted by molar-refractivity contribution is 7.98.